The van der Waals surface area contributed by atoms with Crippen LogP contribution in [-0.4, -0.2) is 48.7 Å². The van der Waals surface area contributed by atoms with E-state index in [1.165, 1.54) is 17.4 Å². The van der Waals surface area contributed by atoms with Crippen molar-refractivity contribution >= 4 is 38.8 Å². The van der Waals surface area contributed by atoms with Crippen molar-refractivity contribution in [3.05, 3.63) is 46.0 Å². The van der Waals surface area contributed by atoms with Gasteiger partial charge < -0.3 is 26.0 Å². The smallest absolute Gasteiger partial charge is 0.263 e. The summed E-state index contributed by atoms with van der Waals surface area (Å²) >= 11 is 1.22. The van der Waals surface area contributed by atoms with Crippen molar-refractivity contribution in [1.82, 2.24) is 15.6 Å². The second-order valence-electron chi connectivity index (χ2n) is 9.38. The number of nitrogens with zero attached hydrogens (tertiary/aromatic N) is 2. The number of aromatic nitrogens is 1. The predicted molar refractivity (Wildman–Crippen MR) is 128 cm³/mol. The van der Waals surface area contributed by atoms with E-state index in [1.807, 2.05) is 24.0 Å². The molecule has 0 aliphatic carbocycles. The number of halogens is 2. The Morgan fingerprint density at radius 3 is 2.82 bits per heavy atom. The molecule has 3 aliphatic heterocycles. The summed E-state index contributed by atoms with van der Waals surface area (Å²) in [5, 5.41) is 7.10. The zero-order valence-electron chi connectivity index (χ0n) is 18.7. The Hall–Kier alpha value is -2.98. The molecule has 2 saturated heterocycles. The second-order valence-corrected chi connectivity index (χ2v) is 10.4. The van der Waals surface area contributed by atoms with Gasteiger partial charge >= 0.3 is 0 Å². The minimum atomic E-state index is -0.530. The zero-order valence-corrected chi connectivity index (χ0v) is 19.5. The molecule has 2 fully saturated rings. The van der Waals surface area contributed by atoms with Crippen molar-refractivity contribution in [3.63, 3.8) is 0 Å². The Labute approximate surface area is 199 Å². The summed E-state index contributed by atoms with van der Waals surface area (Å²) in [6, 6.07) is 5.06. The third-order valence-electron chi connectivity index (χ3n) is 6.96. The standard InChI is InChI=1S/C24H25F2N5O2S/c1-11-2-5-15-20(27)22(34-24(15)28-11)23(32)30-14-6-16-17(25)7-18(19(26)21(16)33-10-14)31-8-12-3-4-13(9-31)29-12/h2,5,7,12-14,29H,3-4,6,8-10,27H2,1H3,(H,30,32). The maximum absolute atomic E-state index is 15.4. The average Bonchev–Trinajstić information content (AvgIpc) is 3.33. The topological polar surface area (TPSA) is 92.5 Å². The highest BCUT2D eigenvalue weighted by atomic mass is 32.1. The average molecular weight is 486 g/mol. The van der Waals surface area contributed by atoms with Crippen LogP contribution in [0.25, 0.3) is 10.2 Å². The van der Waals surface area contributed by atoms with Crippen molar-refractivity contribution < 1.29 is 18.3 Å². The molecule has 2 bridgehead atoms. The van der Waals surface area contributed by atoms with Crippen LogP contribution in [0.3, 0.4) is 0 Å². The van der Waals surface area contributed by atoms with Gasteiger partial charge in [0, 0.05) is 54.3 Å². The zero-order chi connectivity index (χ0) is 23.6. The van der Waals surface area contributed by atoms with Crippen molar-refractivity contribution in [2.24, 2.45) is 0 Å². The molecular formula is C24H25F2N5O2S. The number of nitrogens with two attached hydrogens (primary N) is 1. The maximum atomic E-state index is 15.4. The van der Waals surface area contributed by atoms with Crippen LogP contribution in [0.15, 0.2) is 18.2 Å². The number of carbonyl (C=O) groups excluding carboxylic acids is 1. The van der Waals surface area contributed by atoms with E-state index in [1.54, 1.807) is 0 Å². The van der Waals surface area contributed by atoms with Crippen LogP contribution in [0.4, 0.5) is 20.2 Å². The Morgan fingerprint density at radius 1 is 1.29 bits per heavy atom. The largest absolute Gasteiger partial charge is 0.488 e. The molecule has 3 aromatic rings. The Balaban J connectivity index is 1.22. The molecule has 10 heteroatoms. The third-order valence-corrected chi connectivity index (χ3v) is 8.08. The number of benzene rings is 1. The van der Waals surface area contributed by atoms with E-state index in [9.17, 15) is 4.79 Å². The minimum absolute atomic E-state index is 0.0487. The molecule has 3 atom stereocenters. The van der Waals surface area contributed by atoms with E-state index < -0.39 is 17.7 Å². The van der Waals surface area contributed by atoms with Gasteiger partial charge in [-0.3, -0.25) is 4.79 Å². The SMILES string of the molecule is Cc1ccc2c(N)c(C(=O)NC3COc4c(F)c(N5CC6CCC(C5)N6)cc(F)c4C3)sc2n1. The normalized spacial score (nSPS) is 23.6. The third kappa shape index (κ3) is 3.56. The summed E-state index contributed by atoms with van der Waals surface area (Å²) in [5.74, 6) is -1.47. The summed E-state index contributed by atoms with van der Waals surface area (Å²) in [5.41, 5.74) is 7.79. The van der Waals surface area contributed by atoms with Crippen molar-refractivity contribution in [2.75, 3.05) is 30.3 Å². The molecule has 0 spiro atoms. The molecule has 6 rings (SSSR count). The Kier molecular flexibility index (Phi) is 5.11. The summed E-state index contributed by atoms with van der Waals surface area (Å²) in [4.78, 5) is 20.3. The number of ether oxygens (including phenoxy) is 1. The monoisotopic (exact) mass is 485 g/mol. The van der Waals surface area contributed by atoms with Gasteiger partial charge in [-0.05, 0) is 31.9 Å². The molecule has 1 aromatic carbocycles. The highest BCUT2D eigenvalue weighted by Crippen LogP contribution is 2.38. The lowest BCUT2D eigenvalue weighted by molar-refractivity contribution is 0.0918. The summed E-state index contributed by atoms with van der Waals surface area (Å²) < 4.78 is 36.2. The van der Waals surface area contributed by atoms with Crippen molar-refractivity contribution in [1.29, 1.82) is 0 Å². The fourth-order valence-electron chi connectivity index (χ4n) is 5.28. The van der Waals surface area contributed by atoms with E-state index in [-0.39, 0.29) is 35.9 Å². The van der Waals surface area contributed by atoms with E-state index >= 15 is 8.78 Å². The number of piperazine rings is 1. The van der Waals surface area contributed by atoms with Gasteiger partial charge in [0.25, 0.3) is 5.91 Å². The van der Waals surface area contributed by atoms with Gasteiger partial charge in [-0.1, -0.05) is 0 Å². The van der Waals surface area contributed by atoms with Crippen molar-refractivity contribution in [3.8, 4) is 5.75 Å². The second kappa shape index (κ2) is 8.06. The Bertz CT molecular complexity index is 1300. The number of amides is 1. The van der Waals surface area contributed by atoms with E-state index in [0.717, 1.165) is 23.9 Å². The highest BCUT2D eigenvalue weighted by Gasteiger charge is 2.36. The van der Waals surface area contributed by atoms with Gasteiger partial charge in [0.1, 0.15) is 22.1 Å². The first-order chi connectivity index (χ1) is 16.4. The van der Waals surface area contributed by atoms with Crippen molar-refractivity contribution in [2.45, 2.75) is 44.3 Å². The van der Waals surface area contributed by atoms with Crippen LogP contribution in [0, 0.1) is 18.6 Å². The number of rotatable bonds is 3. The Morgan fingerprint density at radius 2 is 2.06 bits per heavy atom. The van der Waals surface area contributed by atoms with E-state index in [2.05, 4.69) is 15.6 Å². The lowest BCUT2D eigenvalue weighted by atomic mass is 10.00. The first kappa shape index (κ1) is 21.5. The molecule has 7 nitrogen and oxygen atoms in total. The molecule has 3 aliphatic rings. The fraction of sp³-hybridized carbons (Fsp3) is 0.417. The van der Waals surface area contributed by atoms with Crippen LogP contribution in [0.2, 0.25) is 0 Å². The van der Waals surface area contributed by atoms with Gasteiger partial charge in [-0.2, -0.15) is 0 Å². The summed E-state index contributed by atoms with van der Waals surface area (Å²) in [6.07, 6.45) is 2.24. The highest BCUT2D eigenvalue weighted by molar-refractivity contribution is 7.21. The summed E-state index contributed by atoms with van der Waals surface area (Å²) in [7, 11) is 0. The number of carbonyl (C=O) groups is 1. The van der Waals surface area contributed by atoms with Crippen LogP contribution in [-0.2, 0) is 6.42 Å². The maximum Gasteiger partial charge on any atom is 0.263 e. The fourth-order valence-corrected chi connectivity index (χ4v) is 6.33. The lowest BCUT2D eigenvalue weighted by Crippen LogP contribution is -2.51. The number of nitrogens with one attached hydrogen (secondary N) is 2. The number of anilines is 2. The lowest BCUT2D eigenvalue weighted by Gasteiger charge is -2.36. The van der Waals surface area contributed by atoms with Gasteiger partial charge in [-0.25, -0.2) is 13.8 Å². The van der Waals surface area contributed by atoms with Gasteiger partial charge in [0.2, 0.25) is 0 Å². The van der Waals surface area contributed by atoms with E-state index in [4.69, 9.17) is 10.5 Å². The molecule has 2 aromatic heterocycles. The number of fused-ring (bicyclic) bond motifs is 4. The number of hydrogen-bond acceptors (Lipinski definition) is 7. The first-order valence-electron chi connectivity index (χ1n) is 11.5. The molecule has 1 amide bonds. The molecule has 178 valence electrons. The molecule has 0 saturated carbocycles. The molecule has 3 unspecified atom stereocenters. The number of thiophene rings is 1. The minimum Gasteiger partial charge on any atom is -0.488 e. The van der Waals surface area contributed by atoms with Gasteiger partial charge in [0.05, 0.1) is 17.4 Å². The molecule has 4 N–H and O–H groups in total. The molecule has 34 heavy (non-hydrogen) atoms. The quantitative estimate of drug-likeness (QED) is 0.528. The number of aryl methyl sites for hydroxylation is 1. The van der Waals surface area contributed by atoms with Crippen LogP contribution in [0.1, 0.15) is 33.8 Å². The number of pyridine rings is 1. The molecular weight excluding hydrogens is 460 g/mol. The molecule has 0 radical (unpaired) electrons. The van der Waals surface area contributed by atoms with Crippen LogP contribution >= 0.6 is 11.3 Å². The molecule has 5 heterocycles. The predicted octanol–water partition coefficient (Wildman–Crippen LogP) is 3.14. The van der Waals surface area contributed by atoms with Gasteiger partial charge in [-0.15, -0.1) is 11.3 Å². The van der Waals surface area contributed by atoms with Crippen LogP contribution in [0.5, 0.6) is 5.75 Å². The number of nitrogen functional groups attached to an aromatic ring is 1. The van der Waals surface area contributed by atoms with E-state index in [0.29, 0.717) is 40.6 Å². The number of hydrogen-bond donors (Lipinski definition) is 3. The summed E-state index contributed by atoms with van der Waals surface area (Å²) in [6.45, 7) is 3.22. The van der Waals surface area contributed by atoms with Crippen LogP contribution < -0.4 is 26.0 Å². The first-order valence-corrected chi connectivity index (χ1v) is 12.3. The van der Waals surface area contributed by atoms with Gasteiger partial charge in [0.15, 0.2) is 11.6 Å².